The van der Waals surface area contributed by atoms with Crippen molar-refractivity contribution in [3.63, 3.8) is 0 Å². The Kier molecular flexibility index (Phi) is 7.34. The lowest BCUT2D eigenvalue weighted by molar-refractivity contribution is 0.933. The predicted molar refractivity (Wildman–Crippen MR) is 111 cm³/mol. The van der Waals surface area contributed by atoms with E-state index in [1.165, 1.54) is 23.1 Å². The quantitative estimate of drug-likeness (QED) is 0.616. The first kappa shape index (κ1) is 18.9. The Bertz CT molecular complexity index is 755. The first-order valence-electron chi connectivity index (χ1n) is 9.15. The Morgan fingerprint density at radius 1 is 0.960 bits per heavy atom. The number of rotatable bonds is 4. The van der Waals surface area contributed by atoms with Crippen molar-refractivity contribution in [2.75, 3.05) is 6.54 Å². The molecule has 0 saturated carbocycles. The summed E-state index contributed by atoms with van der Waals surface area (Å²) in [5, 5.41) is 0. The summed E-state index contributed by atoms with van der Waals surface area (Å²) in [4.78, 5) is 9.16. The fourth-order valence-electron chi connectivity index (χ4n) is 2.90. The molecule has 130 valence electrons. The normalized spacial score (nSPS) is 16.0. The summed E-state index contributed by atoms with van der Waals surface area (Å²) >= 11 is 0. The lowest BCUT2D eigenvalue weighted by Crippen LogP contribution is -2.03. The number of nitrogens with zero attached hydrogens (tertiary/aromatic N) is 2. The summed E-state index contributed by atoms with van der Waals surface area (Å²) < 4.78 is 0. The van der Waals surface area contributed by atoms with Gasteiger partial charge in [-0.3, -0.25) is 9.98 Å². The van der Waals surface area contributed by atoms with Crippen molar-refractivity contribution in [1.82, 2.24) is 0 Å². The number of hydrogen-bond donors (Lipinski definition) is 0. The van der Waals surface area contributed by atoms with Crippen LogP contribution in [0.25, 0.3) is 5.70 Å². The third-order valence-electron chi connectivity index (χ3n) is 3.91. The minimum atomic E-state index is 0.840. The first-order valence-corrected chi connectivity index (χ1v) is 9.15. The van der Waals surface area contributed by atoms with Gasteiger partial charge in [-0.05, 0) is 18.7 Å². The summed E-state index contributed by atoms with van der Waals surface area (Å²) in [5.74, 6) is 0. The molecule has 0 bridgehead atoms. The molecule has 3 rings (SSSR count). The van der Waals surface area contributed by atoms with Crippen molar-refractivity contribution < 1.29 is 0 Å². The molecule has 0 saturated heterocycles. The monoisotopic (exact) mass is 332 g/mol. The van der Waals surface area contributed by atoms with Crippen LogP contribution < -0.4 is 0 Å². The second kappa shape index (κ2) is 9.73. The standard InChI is InChI=1S/C20H20N2.C3H8/c1-3-13-22-20-17-12-8-7-11-16(17)14-18(20)19(21-2)15-9-5-4-6-10-15;1-3-2/h4-12H,2-3,13-14H2,1H3;3H2,1-2H3/b19-18-,22-20?;. The third-order valence-corrected chi connectivity index (χ3v) is 3.91. The second-order valence-corrected chi connectivity index (χ2v) is 6.12. The Morgan fingerprint density at radius 3 is 2.24 bits per heavy atom. The Labute approximate surface area is 152 Å². The smallest absolute Gasteiger partial charge is 0.0751 e. The molecule has 1 aliphatic carbocycles. The second-order valence-electron chi connectivity index (χ2n) is 6.12. The average molecular weight is 332 g/mol. The highest BCUT2D eigenvalue weighted by molar-refractivity contribution is 6.20. The minimum Gasteiger partial charge on any atom is -0.284 e. The van der Waals surface area contributed by atoms with E-state index in [1.807, 2.05) is 18.2 Å². The maximum atomic E-state index is 4.83. The summed E-state index contributed by atoms with van der Waals surface area (Å²) in [6.07, 6.45) is 3.17. The van der Waals surface area contributed by atoms with E-state index in [-0.39, 0.29) is 0 Å². The molecule has 2 nitrogen and oxygen atoms in total. The molecule has 0 amide bonds. The zero-order valence-corrected chi connectivity index (χ0v) is 15.6. The van der Waals surface area contributed by atoms with Gasteiger partial charge in [0.2, 0.25) is 0 Å². The van der Waals surface area contributed by atoms with Crippen LogP contribution in [0.15, 0.2) is 70.2 Å². The van der Waals surface area contributed by atoms with Crippen LogP contribution in [0.2, 0.25) is 0 Å². The van der Waals surface area contributed by atoms with Crippen molar-refractivity contribution >= 4 is 18.1 Å². The largest absolute Gasteiger partial charge is 0.284 e. The molecule has 0 aliphatic heterocycles. The molecular weight excluding hydrogens is 304 g/mol. The summed E-state index contributed by atoms with van der Waals surface area (Å²) in [7, 11) is 0. The van der Waals surface area contributed by atoms with Crippen molar-refractivity contribution in [2.24, 2.45) is 9.98 Å². The molecule has 0 unspecified atom stereocenters. The molecule has 0 atom stereocenters. The fraction of sp³-hybridized carbons (Fsp3) is 0.304. The number of hydrogen-bond acceptors (Lipinski definition) is 2. The molecule has 1 aliphatic rings. The van der Waals surface area contributed by atoms with Gasteiger partial charge in [0.15, 0.2) is 0 Å². The van der Waals surface area contributed by atoms with Gasteiger partial charge in [0.1, 0.15) is 0 Å². The van der Waals surface area contributed by atoms with Gasteiger partial charge in [0.05, 0.1) is 11.4 Å². The molecule has 2 heteroatoms. The zero-order chi connectivity index (χ0) is 18.1. The van der Waals surface area contributed by atoms with Crippen LogP contribution in [0.4, 0.5) is 0 Å². The Balaban J connectivity index is 0.000000701. The summed E-state index contributed by atoms with van der Waals surface area (Å²) in [5.41, 5.74) is 6.89. The fourth-order valence-corrected chi connectivity index (χ4v) is 2.90. The van der Waals surface area contributed by atoms with E-state index in [2.05, 4.69) is 68.9 Å². The van der Waals surface area contributed by atoms with E-state index in [1.54, 1.807) is 0 Å². The van der Waals surface area contributed by atoms with Gasteiger partial charge in [-0.15, -0.1) is 0 Å². The van der Waals surface area contributed by atoms with Gasteiger partial charge in [-0.2, -0.15) is 0 Å². The van der Waals surface area contributed by atoms with Gasteiger partial charge in [-0.25, -0.2) is 0 Å². The van der Waals surface area contributed by atoms with E-state index < -0.39 is 0 Å². The van der Waals surface area contributed by atoms with Crippen molar-refractivity contribution in [2.45, 2.75) is 40.0 Å². The minimum absolute atomic E-state index is 0.840. The molecule has 2 aromatic carbocycles. The Morgan fingerprint density at radius 2 is 1.60 bits per heavy atom. The van der Waals surface area contributed by atoms with E-state index in [9.17, 15) is 0 Å². The number of fused-ring (bicyclic) bond motifs is 1. The molecule has 0 heterocycles. The van der Waals surface area contributed by atoms with E-state index >= 15 is 0 Å². The maximum Gasteiger partial charge on any atom is 0.0751 e. The summed E-state index contributed by atoms with van der Waals surface area (Å²) in [6, 6.07) is 18.7. The molecule has 0 N–H and O–H groups in total. The van der Waals surface area contributed by atoms with Crippen LogP contribution in [0.5, 0.6) is 0 Å². The molecule has 0 radical (unpaired) electrons. The van der Waals surface area contributed by atoms with Crippen molar-refractivity contribution in [1.29, 1.82) is 0 Å². The molecular formula is C23H28N2. The number of benzene rings is 2. The summed E-state index contributed by atoms with van der Waals surface area (Å²) in [6.45, 7) is 11.0. The van der Waals surface area contributed by atoms with Crippen molar-refractivity contribution in [3.05, 3.63) is 76.9 Å². The SMILES string of the molecule is C=N/C(=C1/Cc2ccccc2C1=NCCC)c1ccccc1.CCC. The van der Waals surface area contributed by atoms with Crippen LogP contribution in [0.1, 0.15) is 50.3 Å². The topological polar surface area (TPSA) is 24.7 Å². The van der Waals surface area contributed by atoms with Gasteiger partial charge < -0.3 is 0 Å². The molecule has 0 spiro atoms. The maximum absolute atomic E-state index is 4.83. The highest BCUT2D eigenvalue weighted by atomic mass is 14.8. The average Bonchev–Trinajstić information content (AvgIpc) is 3.00. The van der Waals surface area contributed by atoms with E-state index in [0.29, 0.717) is 0 Å². The third kappa shape index (κ3) is 4.54. The van der Waals surface area contributed by atoms with Crippen LogP contribution in [0, 0.1) is 0 Å². The van der Waals surface area contributed by atoms with Crippen LogP contribution in [0.3, 0.4) is 0 Å². The number of aliphatic imine (C=N–C) groups is 2. The van der Waals surface area contributed by atoms with E-state index in [4.69, 9.17) is 4.99 Å². The van der Waals surface area contributed by atoms with Gasteiger partial charge in [-0.1, -0.05) is 81.8 Å². The van der Waals surface area contributed by atoms with Crippen LogP contribution >= 0.6 is 0 Å². The molecule has 25 heavy (non-hydrogen) atoms. The first-order chi connectivity index (χ1) is 12.3. The van der Waals surface area contributed by atoms with Gasteiger partial charge >= 0.3 is 0 Å². The predicted octanol–water partition coefficient (Wildman–Crippen LogP) is 5.97. The van der Waals surface area contributed by atoms with Crippen LogP contribution in [-0.4, -0.2) is 19.0 Å². The highest BCUT2D eigenvalue weighted by Gasteiger charge is 2.25. The zero-order valence-electron chi connectivity index (χ0n) is 15.6. The molecule has 2 aromatic rings. The van der Waals surface area contributed by atoms with Gasteiger partial charge in [0.25, 0.3) is 0 Å². The van der Waals surface area contributed by atoms with Crippen molar-refractivity contribution in [3.8, 4) is 0 Å². The number of allylic oxidation sites excluding steroid dienone is 1. The lowest BCUT2D eigenvalue weighted by Gasteiger charge is -2.08. The van der Waals surface area contributed by atoms with Gasteiger partial charge in [0, 0.05) is 29.7 Å². The lowest BCUT2D eigenvalue weighted by atomic mass is 10.0. The highest BCUT2D eigenvalue weighted by Crippen LogP contribution is 2.33. The Hall–Kier alpha value is -2.48. The molecule has 0 aromatic heterocycles. The van der Waals surface area contributed by atoms with E-state index in [0.717, 1.165) is 36.4 Å². The van der Waals surface area contributed by atoms with Crippen LogP contribution in [-0.2, 0) is 6.42 Å². The molecule has 0 fully saturated rings.